The lowest BCUT2D eigenvalue weighted by atomic mass is 9.80. The summed E-state index contributed by atoms with van der Waals surface area (Å²) in [5.74, 6) is 0.797. The number of amides is 1. The zero-order valence-corrected chi connectivity index (χ0v) is 14.1. The predicted molar refractivity (Wildman–Crippen MR) is 85.2 cm³/mol. The second-order valence-corrected chi connectivity index (χ2v) is 7.05. The molecular weight excluding hydrogens is 278 g/mol. The van der Waals surface area contributed by atoms with Gasteiger partial charge in [0.05, 0.1) is 0 Å². The van der Waals surface area contributed by atoms with Crippen molar-refractivity contribution in [3.05, 3.63) is 6.33 Å². The summed E-state index contributed by atoms with van der Waals surface area (Å²) in [5.41, 5.74) is -0.589. The second-order valence-electron chi connectivity index (χ2n) is 7.05. The summed E-state index contributed by atoms with van der Waals surface area (Å²) in [4.78, 5) is 12.9. The average molecular weight is 307 g/mol. The minimum atomic E-state index is -0.589. The van der Waals surface area contributed by atoms with Crippen molar-refractivity contribution in [2.45, 2.75) is 83.7 Å². The molecule has 1 aromatic heterocycles. The van der Waals surface area contributed by atoms with E-state index in [1.54, 1.807) is 11.0 Å². The van der Waals surface area contributed by atoms with Crippen LogP contribution in [0.25, 0.3) is 0 Å². The van der Waals surface area contributed by atoms with E-state index in [4.69, 9.17) is 0 Å². The maximum Gasteiger partial charge on any atom is 0.248 e. The fourth-order valence-electron chi connectivity index (χ4n) is 3.32. The monoisotopic (exact) mass is 307 g/mol. The molecule has 6 heteroatoms. The van der Waals surface area contributed by atoms with Gasteiger partial charge in [0.1, 0.15) is 11.9 Å². The molecule has 0 aromatic carbocycles. The van der Waals surface area contributed by atoms with Gasteiger partial charge in [0.2, 0.25) is 5.91 Å². The molecule has 0 saturated heterocycles. The number of rotatable bonds is 7. The molecule has 1 aliphatic carbocycles. The van der Waals surface area contributed by atoms with Crippen molar-refractivity contribution >= 4 is 5.91 Å². The van der Waals surface area contributed by atoms with E-state index in [0.717, 1.165) is 38.5 Å². The highest BCUT2D eigenvalue weighted by molar-refractivity contribution is 5.84. The van der Waals surface area contributed by atoms with E-state index in [9.17, 15) is 4.79 Å². The van der Waals surface area contributed by atoms with Crippen molar-refractivity contribution in [1.82, 2.24) is 25.5 Å². The van der Waals surface area contributed by atoms with Crippen LogP contribution >= 0.6 is 0 Å². The van der Waals surface area contributed by atoms with Crippen molar-refractivity contribution in [2.24, 2.45) is 5.92 Å². The summed E-state index contributed by atoms with van der Waals surface area (Å²) in [6, 6.07) is 0.196. The Kier molecular flexibility index (Phi) is 5.91. The first-order valence-electron chi connectivity index (χ1n) is 8.59. The number of carbonyl (C=O) groups is 1. The summed E-state index contributed by atoms with van der Waals surface area (Å²) in [7, 11) is 0. The van der Waals surface area contributed by atoms with E-state index >= 15 is 0 Å². The molecule has 1 N–H and O–H groups in total. The van der Waals surface area contributed by atoms with Crippen LogP contribution in [0.15, 0.2) is 6.33 Å². The Balaban J connectivity index is 1.98. The van der Waals surface area contributed by atoms with Crippen molar-refractivity contribution in [3.8, 4) is 0 Å². The first-order chi connectivity index (χ1) is 10.5. The second kappa shape index (κ2) is 7.70. The van der Waals surface area contributed by atoms with E-state index < -0.39 is 5.54 Å². The maximum atomic E-state index is 12.9. The van der Waals surface area contributed by atoms with Crippen LogP contribution < -0.4 is 5.32 Å². The van der Waals surface area contributed by atoms with Gasteiger partial charge in [-0.15, -0.1) is 5.10 Å². The normalized spacial score (nSPS) is 19.1. The summed E-state index contributed by atoms with van der Waals surface area (Å²) in [6.07, 6.45) is 9.88. The number of nitrogens with one attached hydrogen (secondary N) is 1. The molecule has 1 saturated carbocycles. The predicted octanol–water partition coefficient (Wildman–Crippen LogP) is 2.66. The first-order valence-corrected chi connectivity index (χ1v) is 8.59. The Hall–Kier alpha value is -1.46. The van der Waals surface area contributed by atoms with Gasteiger partial charge < -0.3 is 5.32 Å². The van der Waals surface area contributed by atoms with Gasteiger partial charge in [-0.3, -0.25) is 4.79 Å². The number of aromatic nitrogens is 4. The van der Waals surface area contributed by atoms with Crippen molar-refractivity contribution in [1.29, 1.82) is 0 Å². The fraction of sp³-hybridized carbons (Fsp3) is 0.875. The Morgan fingerprint density at radius 2 is 1.95 bits per heavy atom. The van der Waals surface area contributed by atoms with Crippen molar-refractivity contribution < 1.29 is 4.79 Å². The number of nitrogens with zero attached hydrogens (tertiary/aromatic N) is 4. The van der Waals surface area contributed by atoms with Gasteiger partial charge in [-0.2, -0.15) is 0 Å². The third-order valence-electron chi connectivity index (χ3n) is 4.69. The van der Waals surface area contributed by atoms with Crippen LogP contribution in [0.4, 0.5) is 0 Å². The first kappa shape index (κ1) is 16.9. The van der Waals surface area contributed by atoms with Crippen molar-refractivity contribution in [3.63, 3.8) is 0 Å². The third-order valence-corrected chi connectivity index (χ3v) is 4.69. The van der Waals surface area contributed by atoms with Gasteiger partial charge in [-0.25, -0.2) is 4.68 Å². The molecule has 1 heterocycles. The number of hydrogen-bond donors (Lipinski definition) is 1. The standard InChI is InChI=1S/C16H29N5O/c1-13(2)8-7-9-14(3)18-15(22)16(10-5-4-6-11-16)21-12-17-19-20-21/h12-14H,4-11H2,1-3H3,(H,18,22). The summed E-state index contributed by atoms with van der Waals surface area (Å²) < 4.78 is 1.67. The van der Waals surface area contributed by atoms with Crippen LogP contribution in [0.1, 0.15) is 72.1 Å². The molecule has 1 aliphatic rings. The zero-order valence-electron chi connectivity index (χ0n) is 14.1. The summed E-state index contributed by atoms with van der Waals surface area (Å²) >= 11 is 0. The zero-order chi connectivity index (χ0) is 16.0. The highest BCUT2D eigenvalue weighted by atomic mass is 16.2. The molecule has 124 valence electrons. The van der Waals surface area contributed by atoms with Gasteiger partial charge in [0.15, 0.2) is 0 Å². The topological polar surface area (TPSA) is 72.7 Å². The van der Waals surface area contributed by atoms with E-state index in [1.165, 1.54) is 12.8 Å². The van der Waals surface area contributed by atoms with Crippen LogP contribution in [0.2, 0.25) is 0 Å². The molecule has 22 heavy (non-hydrogen) atoms. The molecule has 6 nitrogen and oxygen atoms in total. The molecule has 1 atom stereocenters. The highest BCUT2D eigenvalue weighted by Crippen LogP contribution is 2.34. The molecule has 1 amide bonds. The largest absolute Gasteiger partial charge is 0.352 e. The molecule has 0 aliphatic heterocycles. The minimum absolute atomic E-state index is 0.0801. The lowest BCUT2D eigenvalue weighted by Crippen LogP contribution is -2.52. The molecule has 2 rings (SSSR count). The van der Waals surface area contributed by atoms with E-state index in [0.29, 0.717) is 5.92 Å². The molecule has 0 bridgehead atoms. The van der Waals surface area contributed by atoms with Crippen LogP contribution in [-0.2, 0) is 10.3 Å². The molecule has 0 spiro atoms. The minimum Gasteiger partial charge on any atom is -0.352 e. The maximum absolute atomic E-state index is 12.9. The molecule has 1 unspecified atom stereocenters. The van der Waals surface area contributed by atoms with Crippen LogP contribution in [0.5, 0.6) is 0 Å². The van der Waals surface area contributed by atoms with Gasteiger partial charge in [0, 0.05) is 6.04 Å². The molecule has 1 aromatic rings. The highest BCUT2D eigenvalue weighted by Gasteiger charge is 2.42. The molecule has 0 radical (unpaired) electrons. The van der Waals surface area contributed by atoms with Crippen LogP contribution in [0, 0.1) is 5.92 Å². The van der Waals surface area contributed by atoms with E-state index in [1.807, 2.05) is 0 Å². The van der Waals surface area contributed by atoms with E-state index in [2.05, 4.69) is 41.6 Å². The lowest BCUT2D eigenvalue weighted by Gasteiger charge is -2.36. The van der Waals surface area contributed by atoms with Gasteiger partial charge in [-0.1, -0.05) is 46.0 Å². The summed E-state index contributed by atoms with van der Waals surface area (Å²) in [6.45, 7) is 6.56. The van der Waals surface area contributed by atoms with E-state index in [-0.39, 0.29) is 11.9 Å². The number of tetrazole rings is 1. The Morgan fingerprint density at radius 3 is 2.55 bits per heavy atom. The van der Waals surface area contributed by atoms with Crippen LogP contribution in [0.3, 0.4) is 0 Å². The lowest BCUT2D eigenvalue weighted by molar-refractivity contribution is -0.133. The molecule has 1 fully saturated rings. The number of hydrogen-bond acceptors (Lipinski definition) is 4. The summed E-state index contributed by atoms with van der Waals surface area (Å²) in [5, 5.41) is 14.7. The molecular formula is C16H29N5O. The Labute approximate surface area is 133 Å². The van der Waals surface area contributed by atoms with Gasteiger partial charge in [-0.05, 0) is 42.5 Å². The quantitative estimate of drug-likeness (QED) is 0.840. The fourth-order valence-corrected chi connectivity index (χ4v) is 3.32. The van der Waals surface area contributed by atoms with Crippen LogP contribution in [-0.4, -0.2) is 32.2 Å². The smallest absolute Gasteiger partial charge is 0.248 e. The SMILES string of the molecule is CC(C)CCCC(C)NC(=O)C1(n2cnnn2)CCCCC1. The van der Waals surface area contributed by atoms with Gasteiger partial charge in [0.25, 0.3) is 0 Å². The van der Waals surface area contributed by atoms with Gasteiger partial charge >= 0.3 is 0 Å². The average Bonchev–Trinajstić information content (AvgIpc) is 3.02. The van der Waals surface area contributed by atoms with Crippen molar-refractivity contribution in [2.75, 3.05) is 0 Å². The third kappa shape index (κ3) is 4.05. The Bertz CT molecular complexity index is 451. The Morgan fingerprint density at radius 1 is 1.23 bits per heavy atom. The number of carbonyl (C=O) groups excluding carboxylic acids is 1.